The molecule has 0 radical (unpaired) electrons. The van der Waals surface area contributed by atoms with Gasteiger partial charge in [-0.15, -0.1) is 10.2 Å². The number of nitrogens with zero attached hydrogens (tertiary/aromatic N) is 3. The number of ketones is 1. The summed E-state index contributed by atoms with van der Waals surface area (Å²) in [6.45, 7) is 2.58. The fourth-order valence-corrected chi connectivity index (χ4v) is 5.28. The molecule has 0 spiro atoms. The molecule has 1 amide bonds. The van der Waals surface area contributed by atoms with Gasteiger partial charge in [-0.2, -0.15) is 0 Å². The third-order valence-corrected chi connectivity index (χ3v) is 7.23. The Balaban J connectivity index is 1.33. The van der Waals surface area contributed by atoms with Crippen molar-refractivity contribution in [2.45, 2.75) is 62.9 Å². The minimum Gasteiger partial charge on any atom is -0.295 e. The predicted octanol–water partition coefficient (Wildman–Crippen LogP) is 5.72. The first-order valence-electron chi connectivity index (χ1n) is 11.3. The van der Waals surface area contributed by atoms with Crippen molar-refractivity contribution < 1.29 is 9.59 Å². The summed E-state index contributed by atoms with van der Waals surface area (Å²) < 4.78 is 1.85. The van der Waals surface area contributed by atoms with Crippen molar-refractivity contribution in [2.75, 3.05) is 5.32 Å². The summed E-state index contributed by atoms with van der Waals surface area (Å²) in [6.07, 6.45) is 4.77. The van der Waals surface area contributed by atoms with Crippen molar-refractivity contribution >= 4 is 41.0 Å². The number of rotatable bonds is 9. The number of Topliss-reactive ketones (excluding diaryl/α,β-unsaturated/α-hetero) is 1. The molecule has 4 rings (SSSR count). The number of amides is 1. The molecule has 0 aliphatic heterocycles. The fraction of sp³-hybridized carbons (Fsp3) is 0.360. The molecule has 1 heterocycles. The summed E-state index contributed by atoms with van der Waals surface area (Å²) >= 11 is 7.75. The maximum absolute atomic E-state index is 12.6. The molecule has 33 heavy (non-hydrogen) atoms. The van der Waals surface area contributed by atoms with Crippen LogP contribution in [0.4, 0.5) is 5.95 Å². The van der Waals surface area contributed by atoms with E-state index >= 15 is 0 Å². The Labute approximate surface area is 203 Å². The highest BCUT2D eigenvalue weighted by Crippen LogP contribution is 2.27. The van der Waals surface area contributed by atoms with Gasteiger partial charge < -0.3 is 0 Å². The number of thioether (sulfide) groups is 1. The number of anilines is 1. The Morgan fingerprint density at radius 3 is 2.64 bits per heavy atom. The van der Waals surface area contributed by atoms with Crippen LogP contribution in [0.25, 0.3) is 0 Å². The first-order chi connectivity index (χ1) is 16.0. The molecular weight excluding hydrogens is 456 g/mol. The van der Waals surface area contributed by atoms with Crippen molar-refractivity contribution in [3.8, 4) is 0 Å². The standard InChI is InChI=1S/C25H27ClN4O2S/c1-2-30-24(28-29-25(30)33-16-20-9-5-6-10-21(20)26)27-23(32)14-13-22(31)19-12-11-17-7-3-4-8-18(17)15-19/h5-6,9-12,15H,2-4,7-8,13-14,16H2,1H3,(H,27,28,32). The quantitative estimate of drug-likeness (QED) is 0.311. The highest BCUT2D eigenvalue weighted by atomic mass is 35.5. The smallest absolute Gasteiger partial charge is 0.231 e. The number of halogens is 1. The maximum atomic E-state index is 12.6. The maximum Gasteiger partial charge on any atom is 0.231 e. The minimum atomic E-state index is -0.244. The molecule has 0 bridgehead atoms. The Morgan fingerprint density at radius 1 is 1.06 bits per heavy atom. The summed E-state index contributed by atoms with van der Waals surface area (Å²) in [4.78, 5) is 25.1. The number of aromatic nitrogens is 3. The second kappa shape index (κ2) is 11.0. The summed E-state index contributed by atoms with van der Waals surface area (Å²) in [5, 5.41) is 12.6. The SMILES string of the molecule is CCn1c(NC(=O)CCC(=O)c2ccc3c(c2)CCCC3)nnc1SCc1ccccc1Cl. The number of hydrogen-bond donors (Lipinski definition) is 1. The third-order valence-electron chi connectivity index (χ3n) is 5.85. The Kier molecular flexibility index (Phi) is 7.83. The minimum absolute atomic E-state index is 0.00790. The molecular formula is C25H27ClN4O2S. The molecule has 172 valence electrons. The zero-order valence-electron chi connectivity index (χ0n) is 18.6. The monoisotopic (exact) mass is 482 g/mol. The highest BCUT2D eigenvalue weighted by Gasteiger charge is 2.17. The van der Waals surface area contributed by atoms with Gasteiger partial charge in [-0.1, -0.05) is 53.7 Å². The van der Waals surface area contributed by atoms with E-state index in [0.29, 0.717) is 34.0 Å². The molecule has 8 heteroatoms. The molecule has 0 saturated carbocycles. The number of benzene rings is 2. The van der Waals surface area contributed by atoms with E-state index in [1.165, 1.54) is 35.7 Å². The van der Waals surface area contributed by atoms with Gasteiger partial charge in [-0.3, -0.25) is 19.5 Å². The second-order valence-electron chi connectivity index (χ2n) is 8.09. The van der Waals surface area contributed by atoms with Gasteiger partial charge in [-0.05, 0) is 61.4 Å². The lowest BCUT2D eigenvalue weighted by Gasteiger charge is -2.16. The highest BCUT2D eigenvalue weighted by molar-refractivity contribution is 7.98. The number of carbonyl (C=O) groups is 2. The van der Waals surface area contributed by atoms with Crippen molar-refractivity contribution in [3.63, 3.8) is 0 Å². The van der Waals surface area contributed by atoms with Crippen molar-refractivity contribution in [3.05, 3.63) is 69.7 Å². The first kappa shape index (κ1) is 23.5. The third kappa shape index (κ3) is 5.84. The van der Waals surface area contributed by atoms with Crippen molar-refractivity contribution in [1.29, 1.82) is 0 Å². The largest absolute Gasteiger partial charge is 0.295 e. The molecule has 1 N–H and O–H groups in total. The van der Waals surface area contributed by atoms with Gasteiger partial charge in [0.2, 0.25) is 11.9 Å². The van der Waals surface area contributed by atoms with Gasteiger partial charge in [-0.25, -0.2) is 0 Å². The molecule has 6 nitrogen and oxygen atoms in total. The molecule has 0 atom stereocenters. The van der Waals surface area contributed by atoms with Crippen molar-refractivity contribution in [2.24, 2.45) is 0 Å². The van der Waals surface area contributed by atoms with E-state index in [-0.39, 0.29) is 24.5 Å². The lowest BCUT2D eigenvalue weighted by molar-refractivity contribution is -0.116. The van der Waals surface area contributed by atoms with E-state index < -0.39 is 0 Å². The van der Waals surface area contributed by atoms with E-state index in [1.807, 2.05) is 47.9 Å². The zero-order valence-corrected chi connectivity index (χ0v) is 20.2. The van der Waals surface area contributed by atoms with Gasteiger partial charge in [0.1, 0.15) is 0 Å². The van der Waals surface area contributed by atoms with Crippen LogP contribution in [0.1, 0.15) is 59.7 Å². The van der Waals surface area contributed by atoms with E-state index in [1.54, 1.807) is 0 Å². The van der Waals surface area contributed by atoms with Crippen LogP contribution in [-0.4, -0.2) is 26.5 Å². The van der Waals surface area contributed by atoms with Gasteiger partial charge in [0.05, 0.1) is 0 Å². The van der Waals surface area contributed by atoms with Crippen LogP contribution in [0, 0.1) is 0 Å². The molecule has 0 fully saturated rings. The van der Waals surface area contributed by atoms with Crippen LogP contribution in [0.3, 0.4) is 0 Å². The lowest BCUT2D eigenvalue weighted by Crippen LogP contribution is -2.17. The van der Waals surface area contributed by atoms with E-state index in [4.69, 9.17) is 11.6 Å². The molecule has 3 aromatic rings. The molecule has 1 aliphatic rings. The number of fused-ring (bicyclic) bond motifs is 1. The van der Waals surface area contributed by atoms with E-state index in [0.717, 1.165) is 18.4 Å². The van der Waals surface area contributed by atoms with E-state index in [2.05, 4.69) is 21.6 Å². The van der Waals surface area contributed by atoms with Crippen LogP contribution < -0.4 is 5.32 Å². The average molecular weight is 483 g/mol. The number of aryl methyl sites for hydroxylation is 2. The average Bonchev–Trinajstić information content (AvgIpc) is 3.22. The van der Waals surface area contributed by atoms with Gasteiger partial charge in [0.15, 0.2) is 10.9 Å². The Bertz CT molecular complexity index is 1160. The summed E-state index contributed by atoms with van der Waals surface area (Å²) in [7, 11) is 0. The lowest BCUT2D eigenvalue weighted by atomic mass is 9.89. The van der Waals surface area contributed by atoms with Crippen molar-refractivity contribution in [1.82, 2.24) is 14.8 Å². The molecule has 0 unspecified atom stereocenters. The fourth-order valence-electron chi connectivity index (χ4n) is 4.00. The Hall–Kier alpha value is -2.64. The summed E-state index contributed by atoms with van der Waals surface area (Å²) in [5.74, 6) is 0.795. The number of carbonyl (C=O) groups excluding carboxylic acids is 2. The zero-order chi connectivity index (χ0) is 23.2. The van der Waals surface area contributed by atoms with Crippen LogP contribution in [-0.2, 0) is 29.9 Å². The number of nitrogens with one attached hydrogen (secondary N) is 1. The van der Waals surface area contributed by atoms with Crippen LogP contribution in [0.15, 0.2) is 47.6 Å². The molecule has 2 aromatic carbocycles. The second-order valence-corrected chi connectivity index (χ2v) is 9.44. The molecule has 1 aliphatic carbocycles. The Morgan fingerprint density at radius 2 is 1.85 bits per heavy atom. The summed E-state index contributed by atoms with van der Waals surface area (Å²) in [5.41, 5.74) is 4.33. The van der Waals surface area contributed by atoms with Crippen LogP contribution >= 0.6 is 23.4 Å². The van der Waals surface area contributed by atoms with Gasteiger partial charge >= 0.3 is 0 Å². The normalized spacial score (nSPS) is 12.9. The van der Waals surface area contributed by atoms with Crippen LogP contribution in [0.5, 0.6) is 0 Å². The van der Waals surface area contributed by atoms with Crippen LogP contribution in [0.2, 0.25) is 5.02 Å². The van der Waals surface area contributed by atoms with Gasteiger partial charge in [0.25, 0.3) is 0 Å². The van der Waals surface area contributed by atoms with Gasteiger partial charge in [0, 0.05) is 35.7 Å². The topological polar surface area (TPSA) is 76.9 Å². The molecule has 1 aromatic heterocycles. The van der Waals surface area contributed by atoms with E-state index in [9.17, 15) is 9.59 Å². The predicted molar refractivity (Wildman–Crippen MR) is 132 cm³/mol. The molecule has 0 saturated heterocycles. The first-order valence-corrected chi connectivity index (χ1v) is 12.7. The number of hydrogen-bond acceptors (Lipinski definition) is 5. The summed E-state index contributed by atoms with van der Waals surface area (Å²) in [6, 6.07) is 13.6.